The van der Waals surface area contributed by atoms with E-state index >= 15 is 0 Å². The molecule has 1 N–H and O–H groups in total. The van der Waals surface area contributed by atoms with E-state index in [0.29, 0.717) is 28.7 Å². The van der Waals surface area contributed by atoms with Crippen molar-refractivity contribution in [3.8, 4) is 0 Å². The maximum absolute atomic E-state index is 11.7. The first-order chi connectivity index (χ1) is 10.1. The third-order valence-corrected chi connectivity index (χ3v) is 3.58. The predicted molar refractivity (Wildman–Crippen MR) is 79.8 cm³/mol. The van der Waals surface area contributed by atoms with E-state index in [1.165, 1.54) is 0 Å². The number of ketones is 2. The minimum atomic E-state index is -0.527. The Kier molecular flexibility index (Phi) is 3.31. The molecule has 0 aliphatic carbocycles. The monoisotopic (exact) mass is 282 g/mol. The van der Waals surface area contributed by atoms with Crippen molar-refractivity contribution >= 4 is 33.5 Å². The highest BCUT2D eigenvalue weighted by Gasteiger charge is 2.12. The Morgan fingerprint density at radius 1 is 0.952 bits per heavy atom. The van der Waals surface area contributed by atoms with Crippen molar-refractivity contribution in [3.63, 3.8) is 0 Å². The highest BCUT2D eigenvalue weighted by atomic mass is 16.3. The molecule has 2 aromatic carbocycles. The molecule has 0 amide bonds. The molecule has 1 heterocycles. The number of carbonyl (C=O) groups is 2. The first kappa shape index (κ1) is 13.5. The summed E-state index contributed by atoms with van der Waals surface area (Å²) in [4.78, 5) is 23.3. The number of furan rings is 1. The average Bonchev–Trinajstić information content (AvgIpc) is 2.89. The van der Waals surface area contributed by atoms with Gasteiger partial charge in [-0.25, -0.2) is 0 Å². The van der Waals surface area contributed by atoms with E-state index in [9.17, 15) is 9.59 Å². The molecule has 0 saturated heterocycles. The summed E-state index contributed by atoms with van der Waals surface area (Å²) in [6.07, 6.45) is 0.445. The smallest absolute Gasteiger partial charge is 0.188 e. The van der Waals surface area contributed by atoms with E-state index in [0.717, 1.165) is 10.8 Å². The lowest BCUT2D eigenvalue weighted by atomic mass is 10.0. The standard InChI is InChI=1S/C17H14O4/c1-2-14(19)10-3-5-12-13-6-4-11(15(20)9-18)8-17(13)21-16(12)7-10/h3-8,18H,2,9H2,1H3. The SMILES string of the molecule is CCC(=O)c1ccc2c(c1)oc1cc(C(=O)CO)ccc12. The van der Waals surface area contributed by atoms with Gasteiger partial charge in [0, 0.05) is 28.3 Å². The molecule has 0 spiro atoms. The Balaban J connectivity index is 2.19. The van der Waals surface area contributed by atoms with Crippen LogP contribution in [0.2, 0.25) is 0 Å². The lowest BCUT2D eigenvalue weighted by molar-refractivity contribution is 0.0903. The Hall–Kier alpha value is -2.46. The van der Waals surface area contributed by atoms with Crippen molar-refractivity contribution in [1.82, 2.24) is 0 Å². The van der Waals surface area contributed by atoms with Crippen molar-refractivity contribution in [2.45, 2.75) is 13.3 Å². The molecule has 1 aromatic heterocycles. The van der Waals surface area contributed by atoms with Crippen molar-refractivity contribution < 1.29 is 19.1 Å². The van der Waals surface area contributed by atoms with Gasteiger partial charge in [0.2, 0.25) is 0 Å². The van der Waals surface area contributed by atoms with Gasteiger partial charge in [-0.1, -0.05) is 19.1 Å². The maximum Gasteiger partial charge on any atom is 0.188 e. The topological polar surface area (TPSA) is 67.5 Å². The van der Waals surface area contributed by atoms with Crippen LogP contribution in [0.1, 0.15) is 34.1 Å². The van der Waals surface area contributed by atoms with Gasteiger partial charge in [-0.05, 0) is 24.3 Å². The van der Waals surface area contributed by atoms with Gasteiger partial charge in [-0.3, -0.25) is 9.59 Å². The summed E-state index contributed by atoms with van der Waals surface area (Å²) in [7, 11) is 0. The largest absolute Gasteiger partial charge is 0.456 e. The molecule has 0 aliphatic rings. The van der Waals surface area contributed by atoms with E-state index in [1.807, 2.05) is 13.0 Å². The molecule has 0 fully saturated rings. The van der Waals surface area contributed by atoms with Crippen LogP contribution in [0.25, 0.3) is 21.9 Å². The summed E-state index contributed by atoms with van der Waals surface area (Å²) in [5.41, 5.74) is 2.23. The number of hydrogen-bond acceptors (Lipinski definition) is 4. The third-order valence-electron chi connectivity index (χ3n) is 3.58. The zero-order chi connectivity index (χ0) is 15.0. The van der Waals surface area contributed by atoms with Crippen molar-refractivity contribution in [1.29, 1.82) is 0 Å². The summed E-state index contributed by atoms with van der Waals surface area (Å²) in [6, 6.07) is 10.5. The van der Waals surface area contributed by atoms with Crippen LogP contribution in [0.4, 0.5) is 0 Å². The number of aliphatic hydroxyl groups excluding tert-OH is 1. The molecule has 3 aromatic rings. The molecule has 4 nitrogen and oxygen atoms in total. The molecule has 0 unspecified atom stereocenters. The Morgan fingerprint density at radius 2 is 1.48 bits per heavy atom. The minimum Gasteiger partial charge on any atom is -0.456 e. The van der Waals surface area contributed by atoms with Crippen LogP contribution < -0.4 is 0 Å². The van der Waals surface area contributed by atoms with Crippen LogP contribution in [-0.2, 0) is 0 Å². The number of hydrogen-bond donors (Lipinski definition) is 1. The number of rotatable bonds is 4. The molecule has 0 bridgehead atoms. The number of aliphatic hydroxyl groups is 1. The summed E-state index contributed by atoms with van der Waals surface area (Å²) in [6.45, 7) is 1.29. The summed E-state index contributed by atoms with van der Waals surface area (Å²) < 4.78 is 5.74. The molecule has 0 aliphatic heterocycles. The Morgan fingerprint density at radius 3 is 1.95 bits per heavy atom. The van der Waals surface area contributed by atoms with Crippen LogP contribution in [0, 0.1) is 0 Å². The first-order valence-electron chi connectivity index (χ1n) is 6.77. The molecule has 0 radical (unpaired) electrons. The molecular weight excluding hydrogens is 268 g/mol. The number of benzene rings is 2. The lowest BCUT2D eigenvalue weighted by Crippen LogP contribution is -2.03. The molecule has 21 heavy (non-hydrogen) atoms. The van der Waals surface area contributed by atoms with Crippen molar-refractivity contribution in [2.75, 3.05) is 6.61 Å². The fourth-order valence-electron chi connectivity index (χ4n) is 2.42. The van der Waals surface area contributed by atoms with Crippen molar-refractivity contribution in [2.24, 2.45) is 0 Å². The van der Waals surface area contributed by atoms with Crippen LogP contribution in [0.15, 0.2) is 40.8 Å². The zero-order valence-corrected chi connectivity index (χ0v) is 11.6. The number of carbonyl (C=O) groups excluding carboxylic acids is 2. The van der Waals surface area contributed by atoms with Gasteiger partial charge in [0.05, 0.1) is 0 Å². The second kappa shape index (κ2) is 5.14. The molecule has 0 atom stereocenters. The molecule has 3 rings (SSSR count). The fourth-order valence-corrected chi connectivity index (χ4v) is 2.42. The van der Waals surface area contributed by atoms with Crippen LogP contribution in [-0.4, -0.2) is 23.3 Å². The number of fused-ring (bicyclic) bond motifs is 3. The third kappa shape index (κ3) is 2.23. The fraction of sp³-hybridized carbons (Fsp3) is 0.176. The van der Waals surface area contributed by atoms with Gasteiger partial charge in [0.15, 0.2) is 11.6 Å². The van der Waals surface area contributed by atoms with Gasteiger partial charge in [-0.15, -0.1) is 0 Å². The highest BCUT2D eigenvalue weighted by Crippen LogP contribution is 2.30. The second-order valence-electron chi connectivity index (χ2n) is 4.88. The minimum absolute atomic E-state index is 0.0634. The highest BCUT2D eigenvalue weighted by molar-refractivity contribution is 6.09. The lowest BCUT2D eigenvalue weighted by Gasteiger charge is -1.97. The maximum atomic E-state index is 11.7. The van der Waals surface area contributed by atoms with Gasteiger partial charge >= 0.3 is 0 Å². The van der Waals surface area contributed by atoms with Gasteiger partial charge < -0.3 is 9.52 Å². The molecule has 4 heteroatoms. The van der Waals surface area contributed by atoms with Crippen LogP contribution in [0.5, 0.6) is 0 Å². The normalized spacial score (nSPS) is 11.1. The van der Waals surface area contributed by atoms with Crippen molar-refractivity contribution in [3.05, 3.63) is 47.5 Å². The Labute approximate surface area is 121 Å². The van der Waals surface area contributed by atoms with E-state index < -0.39 is 6.61 Å². The molecule has 106 valence electrons. The van der Waals surface area contributed by atoms with Crippen LogP contribution in [0.3, 0.4) is 0 Å². The predicted octanol–water partition coefficient (Wildman–Crippen LogP) is 3.35. The van der Waals surface area contributed by atoms with E-state index in [4.69, 9.17) is 9.52 Å². The second-order valence-corrected chi connectivity index (χ2v) is 4.88. The first-order valence-corrected chi connectivity index (χ1v) is 6.77. The van der Waals surface area contributed by atoms with Gasteiger partial charge in [-0.2, -0.15) is 0 Å². The summed E-state index contributed by atoms with van der Waals surface area (Å²) >= 11 is 0. The molecular formula is C17H14O4. The quantitative estimate of drug-likeness (QED) is 0.745. The molecule has 0 saturated carbocycles. The van der Waals surface area contributed by atoms with Gasteiger partial charge in [0.25, 0.3) is 0 Å². The van der Waals surface area contributed by atoms with E-state index in [1.54, 1.807) is 30.3 Å². The van der Waals surface area contributed by atoms with E-state index in [-0.39, 0.29) is 11.6 Å². The Bertz CT molecular complexity index is 787. The summed E-state index contributed by atoms with van der Waals surface area (Å²) in [5, 5.41) is 10.7. The van der Waals surface area contributed by atoms with Crippen LogP contribution >= 0.6 is 0 Å². The average molecular weight is 282 g/mol. The summed E-state index contributed by atoms with van der Waals surface area (Å²) in [5.74, 6) is -0.285. The van der Waals surface area contributed by atoms with Gasteiger partial charge in [0.1, 0.15) is 17.8 Å². The number of Topliss-reactive ketones (excluding diaryl/α,β-unsaturated/α-hetero) is 2. The van der Waals surface area contributed by atoms with E-state index in [2.05, 4.69) is 0 Å². The zero-order valence-electron chi connectivity index (χ0n) is 11.6.